The zero-order chi connectivity index (χ0) is 23.9. The molecule has 2 rings (SSSR count). The van der Waals surface area contributed by atoms with E-state index in [0.717, 1.165) is 0 Å². The predicted molar refractivity (Wildman–Crippen MR) is 121 cm³/mol. The third-order valence-corrected chi connectivity index (χ3v) is 5.77. The lowest BCUT2D eigenvalue weighted by Crippen LogP contribution is -2.59. The first kappa shape index (κ1) is 25.8. The van der Waals surface area contributed by atoms with E-state index in [1.165, 1.54) is 25.2 Å². The minimum absolute atomic E-state index is 0.104. The Kier molecular flexibility index (Phi) is 9.21. The molecule has 0 spiro atoms. The molecule has 1 aromatic rings. The number of carbonyl (C=O) groups is 4. The Morgan fingerprint density at radius 1 is 1.31 bits per heavy atom. The SMILES string of the molecule is CC(C)[C@@H]1NC(=O)C(C)(C)NC(=O)c2csc(n2)CNC(=O)C[C@@H](/C=C/CCCl)OC1=O. The first-order chi connectivity index (χ1) is 15.0. The molecule has 2 bridgehead atoms. The number of hydrogen-bond acceptors (Lipinski definition) is 7. The summed E-state index contributed by atoms with van der Waals surface area (Å²) >= 11 is 6.92. The molecule has 1 aliphatic rings. The normalized spacial score (nSPS) is 22.9. The van der Waals surface area contributed by atoms with Gasteiger partial charge in [0, 0.05) is 11.3 Å². The minimum atomic E-state index is -1.31. The van der Waals surface area contributed by atoms with Crippen LogP contribution in [0.1, 0.15) is 56.0 Å². The minimum Gasteiger partial charge on any atom is -0.456 e. The number of esters is 1. The van der Waals surface area contributed by atoms with E-state index in [1.807, 2.05) is 0 Å². The number of rotatable bonds is 4. The number of ether oxygens (including phenoxy) is 1. The van der Waals surface area contributed by atoms with Gasteiger partial charge in [0.1, 0.15) is 28.4 Å². The molecule has 0 aromatic carbocycles. The number of nitrogens with one attached hydrogen (secondary N) is 3. The van der Waals surface area contributed by atoms with Crippen molar-refractivity contribution in [3.05, 3.63) is 28.2 Å². The summed E-state index contributed by atoms with van der Waals surface area (Å²) in [5.74, 6) is -1.99. The van der Waals surface area contributed by atoms with Gasteiger partial charge in [0.25, 0.3) is 5.91 Å². The van der Waals surface area contributed by atoms with Crippen molar-refractivity contribution in [2.24, 2.45) is 5.92 Å². The van der Waals surface area contributed by atoms with Crippen LogP contribution >= 0.6 is 22.9 Å². The number of fused-ring (bicyclic) bond motifs is 2. The Balaban J connectivity index is 2.36. The predicted octanol–water partition coefficient (Wildman–Crippen LogP) is 1.91. The zero-order valence-corrected chi connectivity index (χ0v) is 20.1. The monoisotopic (exact) mass is 484 g/mol. The van der Waals surface area contributed by atoms with Crippen molar-refractivity contribution in [3.63, 3.8) is 0 Å². The summed E-state index contributed by atoms with van der Waals surface area (Å²) in [7, 11) is 0. The highest BCUT2D eigenvalue weighted by Gasteiger charge is 2.36. The van der Waals surface area contributed by atoms with Crippen molar-refractivity contribution in [1.82, 2.24) is 20.9 Å². The van der Waals surface area contributed by atoms with Gasteiger partial charge in [0.2, 0.25) is 11.8 Å². The van der Waals surface area contributed by atoms with E-state index in [9.17, 15) is 19.2 Å². The van der Waals surface area contributed by atoms with Crippen LogP contribution in [-0.2, 0) is 25.7 Å². The Labute approximate surface area is 196 Å². The van der Waals surface area contributed by atoms with Gasteiger partial charge in [-0.05, 0) is 32.3 Å². The highest BCUT2D eigenvalue weighted by atomic mass is 35.5. The summed E-state index contributed by atoms with van der Waals surface area (Å²) in [6.07, 6.45) is 2.99. The highest BCUT2D eigenvalue weighted by molar-refractivity contribution is 7.09. The maximum Gasteiger partial charge on any atom is 0.329 e. The molecule has 0 saturated heterocycles. The molecule has 11 heteroatoms. The molecule has 0 saturated carbocycles. The summed E-state index contributed by atoms with van der Waals surface area (Å²) in [5, 5.41) is 10.1. The van der Waals surface area contributed by atoms with Gasteiger partial charge in [0.05, 0.1) is 13.0 Å². The molecular formula is C21H29ClN4O5S. The van der Waals surface area contributed by atoms with Crippen molar-refractivity contribution in [1.29, 1.82) is 0 Å². The van der Waals surface area contributed by atoms with Crippen molar-refractivity contribution >= 4 is 46.6 Å². The molecule has 0 aliphatic carbocycles. The van der Waals surface area contributed by atoms with E-state index >= 15 is 0 Å². The number of halogens is 1. The van der Waals surface area contributed by atoms with Crippen LogP contribution in [0, 0.1) is 5.92 Å². The molecule has 0 radical (unpaired) electrons. The van der Waals surface area contributed by atoms with Crippen LogP contribution in [0.4, 0.5) is 0 Å². The van der Waals surface area contributed by atoms with Crippen LogP contribution in [-0.4, -0.2) is 52.2 Å². The third-order valence-electron chi connectivity index (χ3n) is 4.70. The highest BCUT2D eigenvalue weighted by Crippen LogP contribution is 2.15. The van der Waals surface area contributed by atoms with Crippen LogP contribution in [0.25, 0.3) is 0 Å². The summed E-state index contributed by atoms with van der Waals surface area (Å²) in [6.45, 7) is 6.73. The lowest BCUT2D eigenvalue weighted by atomic mass is 9.99. The zero-order valence-electron chi connectivity index (χ0n) is 18.6. The van der Waals surface area contributed by atoms with Crippen LogP contribution in [0.2, 0.25) is 0 Å². The van der Waals surface area contributed by atoms with Crippen LogP contribution < -0.4 is 16.0 Å². The Hall–Kier alpha value is -2.46. The van der Waals surface area contributed by atoms with Gasteiger partial charge in [0.15, 0.2) is 0 Å². The fraction of sp³-hybridized carbons (Fsp3) is 0.571. The third kappa shape index (κ3) is 7.30. The lowest BCUT2D eigenvalue weighted by Gasteiger charge is -2.29. The second kappa shape index (κ2) is 11.4. The van der Waals surface area contributed by atoms with Gasteiger partial charge >= 0.3 is 5.97 Å². The van der Waals surface area contributed by atoms with Crippen molar-refractivity contribution < 1.29 is 23.9 Å². The van der Waals surface area contributed by atoms with Gasteiger partial charge in [-0.3, -0.25) is 14.4 Å². The molecular weight excluding hydrogens is 456 g/mol. The average molecular weight is 485 g/mol. The first-order valence-electron chi connectivity index (χ1n) is 10.3. The number of allylic oxidation sites excluding steroid dienone is 1. The topological polar surface area (TPSA) is 126 Å². The van der Waals surface area contributed by atoms with Crippen LogP contribution in [0.5, 0.6) is 0 Å². The fourth-order valence-electron chi connectivity index (χ4n) is 2.83. The summed E-state index contributed by atoms with van der Waals surface area (Å²) in [6, 6.07) is -0.968. The number of amides is 3. The number of hydrogen-bond donors (Lipinski definition) is 3. The maximum absolute atomic E-state index is 12.9. The molecule has 3 amide bonds. The van der Waals surface area contributed by atoms with E-state index in [2.05, 4.69) is 20.9 Å². The number of aromatic nitrogens is 1. The van der Waals surface area contributed by atoms with Crippen molar-refractivity contribution in [3.8, 4) is 0 Å². The van der Waals surface area contributed by atoms with Gasteiger partial charge in [-0.2, -0.15) is 0 Å². The smallest absolute Gasteiger partial charge is 0.329 e. The van der Waals surface area contributed by atoms with E-state index in [0.29, 0.717) is 17.3 Å². The molecule has 9 nitrogen and oxygen atoms in total. The first-order valence-corrected chi connectivity index (χ1v) is 11.7. The standard InChI is InChI=1S/C21H29ClN4O5S/c1-12(2)17-19(29)31-13(7-5-6-8-22)9-15(27)23-10-16-24-14(11-32-16)18(28)26-21(3,4)20(30)25-17/h5,7,11-13,17H,6,8-10H2,1-4H3,(H,23,27)(H,25,30)(H,26,28)/b7-5+/t13-,17+/m1/s1. The van der Waals surface area contributed by atoms with Crippen LogP contribution in [0.3, 0.4) is 0 Å². The van der Waals surface area contributed by atoms with E-state index in [1.54, 1.807) is 31.4 Å². The van der Waals surface area contributed by atoms with Crippen molar-refractivity contribution in [2.45, 2.75) is 64.8 Å². The van der Waals surface area contributed by atoms with Crippen molar-refractivity contribution in [2.75, 3.05) is 5.88 Å². The van der Waals surface area contributed by atoms with E-state index in [-0.39, 0.29) is 30.5 Å². The second-order valence-electron chi connectivity index (χ2n) is 8.26. The van der Waals surface area contributed by atoms with Gasteiger partial charge in [-0.1, -0.05) is 19.9 Å². The number of alkyl halides is 1. The number of thiazole rings is 1. The molecule has 32 heavy (non-hydrogen) atoms. The fourth-order valence-corrected chi connectivity index (χ4v) is 3.67. The maximum atomic E-state index is 12.9. The van der Waals surface area contributed by atoms with Gasteiger partial charge in [-0.25, -0.2) is 9.78 Å². The average Bonchev–Trinajstić information content (AvgIpc) is 3.18. The van der Waals surface area contributed by atoms with E-state index in [4.69, 9.17) is 16.3 Å². The summed E-state index contributed by atoms with van der Waals surface area (Å²) in [4.78, 5) is 55.0. The van der Waals surface area contributed by atoms with Crippen LogP contribution in [0.15, 0.2) is 17.5 Å². The summed E-state index contributed by atoms with van der Waals surface area (Å²) in [5.41, 5.74) is -1.16. The molecule has 1 aliphatic heterocycles. The largest absolute Gasteiger partial charge is 0.456 e. The number of cyclic esters (lactones) is 1. The van der Waals surface area contributed by atoms with Gasteiger partial charge < -0.3 is 20.7 Å². The Morgan fingerprint density at radius 2 is 2.03 bits per heavy atom. The molecule has 2 heterocycles. The molecule has 3 N–H and O–H groups in total. The Bertz CT molecular complexity index is 883. The van der Waals surface area contributed by atoms with E-state index < -0.39 is 35.5 Å². The second-order valence-corrected chi connectivity index (χ2v) is 9.58. The molecule has 176 valence electrons. The lowest BCUT2D eigenvalue weighted by molar-refractivity contribution is -0.153. The molecule has 1 aromatic heterocycles. The number of nitrogens with zero attached hydrogens (tertiary/aromatic N) is 1. The molecule has 2 atom stereocenters. The molecule has 0 unspecified atom stereocenters. The molecule has 0 fully saturated rings. The Morgan fingerprint density at radius 3 is 2.69 bits per heavy atom. The quantitative estimate of drug-likeness (QED) is 0.340. The summed E-state index contributed by atoms with van der Waals surface area (Å²) < 4.78 is 5.56. The number of carbonyl (C=O) groups excluding carboxylic acids is 4. The van der Waals surface area contributed by atoms with Gasteiger partial charge in [-0.15, -0.1) is 22.9 Å².